The Labute approximate surface area is 103 Å². The van der Waals surface area contributed by atoms with Gasteiger partial charge in [-0.25, -0.2) is 15.0 Å². The first-order chi connectivity index (χ1) is 8.33. The molecule has 0 N–H and O–H groups in total. The van der Waals surface area contributed by atoms with E-state index >= 15 is 0 Å². The summed E-state index contributed by atoms with van der Waals surface area (Å²) in [6, 6.07) is 3.54. The lowest BCUT2D eigenvalue weighted by Gasteiger charge is -2.27. The summed E-state index contributed by atoms with van der Waals surface area (Å²) in [5.41, 5.74) is 1.34. The SMILES string of the molecule is Clc1ccc2ncc(N3CCOCC3)nc2n1. The number of halogens is 1. The number of anilines is 1. The second-order valence-electron chi connectivity index (χ2n) is 3.80. The molecule has 88 valence electrons. The zero-order valence-electron chi connectivity index (χ0n) is 9.14. The van der Waals surface area contributed by atoms with Crippen molar-refractivity contribution in [2.45, 2.75) is 0 Å². The third-order valence-electron chi connectivity index (χ3n) is 2.70. The number of pyridine rings is 1. The number of rotatable bonds is 1. The number of ether oxygens (including phenoxy) is 1. The molecular formula is C11H11ClN4O. The normalized spacial score (nSPS) is 16.4. The molecule has 0 unspecified atom stereocenters. The Kier molecular flexibility index (Phi) is 2.78. The van der Waals surface area contributed by atoms with Crippen molar-refractivity contribution in [3.63, 3.8) is 0 Å². The van der Waals surface area contributed by atoms with Crippen LogP contribution in [0.5, 0.6) is 0 Å². The molecule has 3 rings (SSSR count). The maximum atomic E-state index is 5.84. The summed E-state index contributed by atoms with van der Waals surface area (Å²) in [4.78, 5) is 15.1. The number of hydrogen-bond donors (Lipinski definition) is 0. The molecule has 0 aliphatic carbocycles. The van der Waals surface area contributed by atoms with Crippen LogP contribution >= 0.6 is 11.6 Å². The molecule has 1 aliphatic heterocycles. The summed E-state index contributed by atoms with van der Waals surface area (Å²) in [6.07, 6.45) is 1.77. The van der Waals surface area contributed by atoms with E-state index in [1.165, 1.54) is 0 Å². The van der Waals surface area contributed by atoms with Gasteiger partial charge < -0.3 is 9.64 Å². The van der Waals surface area contributed by atoms with Gasteiger partial charge >= 0.3 is 0 Å². The molecule has 0 atom stereocenters. The summed E-state index contributed by atoms with van der Waals surface area (Å²) in [6.45, 7) is 3.12. The lowest BCUT2D eigenvalue weighted by molar-refractivity contribution is 0.122. The van der Waals surface area contributed by atoms with Crippen LogP contribution in [0.3, 0.4) is 0 Å². The number of aromatic nitrogens is 3. The predicted octanol–water partition coefficient (Wildman–Crippen LogP) is 1.51. The van der Waals surface area contributed by atoms with Gasteiger partial charge in [-0.2, -0.15) is 0 Å². The molecule has 0 spiro atoms. The van der Waals surface area contributed by atoms with E-state index in [1.807, 2.05) is 6.07 Å². The summed E-state index contributed by atoms with van der Waals surface area (Å²) in [5, 5.41) is 0.436. The minimum Gasteiger partial charge on any atom is -0.378 e. The van der Waals surface area contributed by atoms with E-state index in [2.05, 4.69) is 19.9 Å². The minimum absolute atomic E-state index is 0.436. The van der Waals surface area contributed by atoms with Gasteiger partial charge in [0.15, 0.2) is 5.65 Å². The molecule has 1 aliphatic rings. The highest BCUT2D eigenvalue weighted by molar-refractivity contribution is 6.29. The molecule has 6 heteroatoms. The lowest BCUT2D eigenvalue weighted by Crippen LogP contribution is -2.36. The topological polar surface area (TPSA) is 51.1 Å². The van der Waals surface area contributed by atoms with E-state index in [0.717, 1.165) is 37.6 Å². The van der Waals surface area contributed by atoms with Crippen molar-refractivity contribution in [1.29, 1.82) is 0 Å². The lowest BCUT2D eigenvalue weighted by atomic mass is 10.4. The molecule has 1 fully saturated rings. The van der Waals surface area contributed by atoms with Crippen LogP contribution in [0.15, 0.2) is 18.3 Å². The summed E-state index contributed by atoms with van der Waals surface area (Å²) < 4.78 is 5.30. The Balaban J connectivity index is 1.99. The number of morpholine rings is 1. The molecule has 2 aromatic rings. The monoisotopic (exact) mass is 250 g/mol. The first kappa shape index (κ1) is 10.7. The molecule has 0 saturated carbocycles. The smallest absolute Gasteiger partial charge is 0.181 e. The van der Waals surface area contributed by atoms with Gasteiger partial charge in [-0.3, -0.25) is 0 Å². The number of hydrogen-bond acceptors (Lipinski definition) is 5. The largest absolute Gasteiger partial charge is 0.378 e. The van der Waals surface area contributed by atoms with Crippen molar-refractivity contribution >= 4 is 28.6 Å². The molecule has 1 saturated heterocycles. The fourth-order valence-corrected chi connectivity index (χ4v) is 1.95. The van der Waals surface area contributed by atoms with Gasteiger partial charge in [0, 0.05) is 13.1 Å². The van der Waals surface area contributed by atoms with Crippen LogP contribution in [0.4, 0.5) is 5.82 Å². The van der Waals surface area contributed by atoms with Crippen molar-refractivity contribution < 1.29 is 4.74 Å². The Hall–Kier alpha value is -1.46. The second kappa shape index (κ2) is 4.43. The minimum atomic E-state index is 0.436. The highest BCUT2D eigenvalue weighted by atomic mass is 35.5. The van der Waals surface area contributed by atoms with Crippen LogP contribution in [0.25, 0.3) is 11.2 Å². The molecule has 0 radical (unpaired) electrons. The van der Waals surface area contributed by atoms with Gasteiger partial charge in [0.25, 0.3) is 0 Å². The van der Waals surface area contributed by atoms with Crippen LogP contribution < -0.4 is 4.90 Å². The van der Waals surface area contributed by atoms with Crippen molar-refractivity contribution in [1.82, 2.24) is 15.0 Å². The van der Waals surface area contributed by atoms with Crippen LogP contribution in [0.2, 0.25) is 5.15 Å². The molecule has 17 heavy (non-hydrogen) atoms. The van der Waals surface area contributed by atoms with Crippen LogP contribution in [0.1, 0.15) is 0 Å². The predicted molar refractivity (Wildman–Crippen MR) is 65.4 cm³/mol. The summed E-state index contributed by atoms with van der Waals surface area (Å²) in [7, 11) is 0. The van der Waals surface area contributed by atoms with E-state index < -0.39 is 0 Å². The van der Waals surface area contributed by atoms with Gasteiger partial charge in [-0.1, -0.05) is 11.6 Å². The van der Waals surface area contributed by atoms with Gasteiger partial charge in [-0.05, 0) is 12.1 Å². The molecule has 5 nitrogen and oxygen atoms in total. The van der Waals surface area contributed by atoms with Crippen molar-refractivity contribution in [3.8, 4) is 0 Å². The Bertz CT molecular complexity index is 542. The first-order valence-electron chi connectivity index (χ1n) is 5.45. The third-order valence-corrected chi connectivity index (χ3v) is 2.91. The average molecular weight is 251 g/mol. The van der Waals surface area contributed by atoms with E-state index in [1.54, 1.807) is 12.3 Å². The van der Waals surface area contributed by atoms with E-state index in [9.17, 15) is 0 Å². The average Bonchev–Trinajstić information content (AvgIpc) is 2.39. The van der Waals surface area contributed by atoms with Crippen molar-refractivity contribution in [3.05, 3.63) is 23.5 Å². The van der Waals surface area contributed by atoms with Gasteiger partial charge in [0.2, 0.25) is 0 Å². The quantitative estimate of drug-likeness (QED) is 0.718. The standard InChI is InChI=1S/C11H11ClN4O/c12-9-2-1-8-11(14-9)15-10(7-13-8)16-3-5-17-6-4-16/h1-2,7H,3-6H2. The molecule has 0 aromatic carbocycles. The van der Waals surface area contributed by atoms with Crippen molar-refractivity contribution in [2.75, 3.05) is 31.2 Å². The Morgan fingerprint density at radius 1 is 1.18 bits per heavy atom. The van der Waals surface area contributed by atoms with Crippen LogP contribution in [-0.2, 0) is 4.74 Å². The van der Waals surface area contributed by atoms with E-state index in [0.29, 0.717) is 10.8 Å². The molecular weight excluding hydrogens is 240 g/mol. The number of fused-ring (bicyclic) bond motifs is 1. The Morgan fingerprint density at radius 3 is 2.82 bits per heavy atom. The van der Waals surface area contributed by atoms with E-state index in [4.69, 9.17) is 16.3 Å². The zero-order valence-corrected chi connectivity index (χ0v) is 9.89. The zero-order chi connectivity index (χ0) is 11.7. The van der Waals surface area contributed by atoms with Crippen LogP contribution in [-0.4, -0.2) is 41.3 Å². The van der Waals surface area contributed by atoms with Gasteiger partial charge in [-0.15, -0.1) is 0 Å². The molecule has 2 aromatic heterocycles. The molecule has 3 heterocycles. The first-order valence-corrected chi connectivity index (χ1v) is 5.83. The highest BCUT2D eigenvalue weighted by Gasteiger charge is 2.13. The second-order valence-corrected chi connectivity index (χ2v) is 4.19. The maximum Gasteiger partial charge on any atom is 0.181 e. The third kappa shape index (κ3) is 2.16. The Morgan fingerprint density at radius 2 is 2.00 bits per heavy atom. The highest BCUT2D eigenvalue weighted by Crippen LogP contribution is 2.16. The van der Waals surface area contributed by atoms with Gasteiger partial charge in [0.05, 0.1) is 19.4 Å². The van der Waals surface area contributed by atoms with Crippen LogP contribution in [0, 0.1) is 0 Å². The fraction of sp³-hybridized carbons (Fsp3) is 0.364. The fourth-order valence-electron chi connectivity index (χ4n) is 1.81. The van der Waals surface area contributed by atoms with E-state index in [-0.39, 0.29) is 0 Å². The summed E-state index contributed by atoms with van der Waals surface area (Å²) in [5.74, 6) is 0.829. The van der Waals surface area contributed by atoms with Gasteiger partial charge in [0.1, 0.15) is 16.5 Å². The molecule has 0 amide bonds. The van der Waals surface area contributed by atoms with Crippen molar-refractivity contribution in [2.24, 2.45) is 0 Å². The maximum absolute atomic E-state index is 5.84. The molecule has 0 bridgehead atoms. The number of nitrogens with zero attached hydrogens (tertiary/aromatic N) is 4. The summed E-state index contributed by atoms with van der Waals surface area (Å²) >= 11 is 5.84.